The van der Waals surface area contributed by atoms with Crippen LogP contribution in [-0.2, 0) is 6.42 Å². The fraction of sp³-hybridized carbons (Fsp3) is 0.600. The van der Waals surface area contributed by atoms with Crippen LogP contribution in [0, 0.1) is 0 Å². The van der Waals surface area contributed by atoms with Crippen molar-refractivity contribution in [3.8, 4) is 5.75 Å². The van der Waals surface area contributed by atoms with E-state index in [1.165, 1.54) is 5.56 Å². The molecule has 0 spiro atoms. The van der Waals surface area contributed by atoms with Crippen molar-refractivity contribution >= 4 is 0 Å². The number of ether oxygens (including phenoxy) is 1. The first-order valence-electron chi connectivity index (χ1n) is 6.59. The lowest BCUT2D eigenvalue weighted by Gasteiger charge is -2.21. The smallest absolute Gasteiger partial charge is 0.122 e. The van der Waals surface area contributed by atoms with Crippen LogP contribution in [0.5, 0.6) is 5.75 Å². The molecule has 3 heteroatoms. The Bertz CT molecular complexity index is 352. The van der Waals surface area contributed by atoms with Crippen LogP contribution in [0.3, 0.4) is 0 Å². The van der Waals surface area contributed by atoms with Crippen LogP contribution in [0.2, 0.25) is 0 Å². The number of aliphatic hydroxyl groups is 1. The van der Waals surface area contributed by atoms with Gasteiger partial charge in [0.25, 0.3) is 0 Å². The third-order valence-electron chi connectivity index (χ3n) is 2.98. The maximum absolute atomic E-state index is 9.35. The summed E-state index contributed by atoms with van der Waals surface area (Å²) in [4.78, 5) is 0. The highest BCUT2D eigenvalue weighted by Crippen LogP contribution is 2.19. The molecular weight excluding hydrogens is 226 g/mol. The second kappa shape index (κ2) is 7.39. The van der Waals surface area contributed by atoms with E-state index in [0.29, 0.717) is 12.1 Å². The zero-order chi connectivity index (χ0) is 13.5. The van der Waals surface area contributed by atoms with Gasteiger partial charge < -0.3 is 15.2 Å². The minimum atomic E-state index is -0.258. The molecule has 3 nitrogen and oxygen atoms in total. The van der Waals surface area contributed by atoms with Gasteiger partial charge in [-0.15, -0.1) is 0 Å². The number of methoxy groups -OCH3 is 1. The summed E-state index contributed by atoms with van der Waals surface area (Å²) >= 11 is 0. The summed E-state index contributed by atoms with van der Waals surface area (Å²) in [6.07, 6.45) is 1.44. The van der Waals surface area contributed by atoms with Crippen LogP contribution >= 0.6 is 0 Å². The number of nitrogens with one attached hydrogen (secondary N) is 1. The van der Waals surface area contributed by atoms with Gasteiger partial charge in [0.05, 0.1) is 13.2 Å². The summed E-state index contributed by atoms with van der Waals surface area (Å²) in [5.74, 6) is 0.939. The lowest BCUT2D eigenvalue weighted by Crippen LogP contribution is -2.37. The number of hydrogen-bond acceptors (Lipinski definition) is 3. The Labute approximate surface area is 110 Å². The van der Waals surface area contributed by atoms with E-state index in [4.69, 9.17) is 4.74 Å². The molecule has 0 aliphatic heterocycles. The lowest BCUT2D eigenvalue weighted by atomic mass is 10.0. The van der Waals surface area contributed by atoms with Gasteiger partial charge in [0, 0.05) is 12.1 Å². The maximum atomic E-state index is 9.35. The molecule has 0 saturated carbocycles. The molecule has 102 valence electrons. The van der Waals surface area contributed by atoms with Gasteiger partial charge >= 0.3 is 0 Å². The van der Waals surface area contributed by atoms with E-state index in [1.807, 2.05) is 25.1 Å². The van der Waals surface area contributed by atoms with Crippen LogP contribution in [0.15, 0.2) is 24.3 Å². The highest BCUT2D eigenvalue weighted by Gasteiger charge is 2.12. The summed E-state index contributed by atoms with van der Waals surface area (Å²) in [6.45, 7) is 6.08. The van der Waals surface area contributed by atoms with E-state index in [9.17, 15) is 5.11 Å². The SMILES string of the molecule is COc1ccccc1CC(C)NC(C)CC(C)O. The molecule has 0 aliphatic rings. The van der Waals surface area contributed by atoms with Crippen molar-refractivity contribution in [1.29, 1.82) is 0 Å². The van der Waals surface area contributed by atoms with Crippen LogP contribution in [0.4, 0.5) is 0 Å². The van der Waals surface area contributed by atoms with Crippen molar-refractivity contribution in [3.63, 3.8) is 0 Å². The van der Waals surface area contributed by atoms with Crippen molar-refractivity contribution < 1.29 is 9.84 Å². The quantitative estimate of drug-likeness (QED) is 0.782. The summed E-state index contributed by atoms with van der Waals surface area (Å²) in [7, 11) is 1.70. The van der Waals surface area contributed by atoms with E-state index in [0.717, 1.165) is 18.6 Å². The third kappa shape index (κ3) is 5.07. The Morgan fingerprint density at radius 2 is 1.83 bits per heavy atom. The predicted molar refractivity (Wildman–Crippen MR) is 75.1 cm³/mol. The van der Waals surface area contributed by atoms with Gasteiger partial charge in [-0.3, -0.25) is 0 Å². The second-order valence-electron chi connectivity index (χ2n) is 5.07. The molecule has 0 saturated heterocycles. The Hall–Kier alpha value is -1.06. The van der Waals surface area contributed by atoms with Gasteiger partial charge in [-0.1, -0.05) is 18.2 Å². The molecule has 0 radical (unpaired) electrons. The zero-order valence-electron chi connectivity index (χ0n) is 11.8. The van der Waals surface area contributed by atoms with Crippen molar-refractivity contribution in [3.05, 3.63) is 29.8 Å². The number of rotatable bonds is 7. The average molecular weight is 251 g/mol. The molecule has 18 heavy (non-hydrogen) atoms. The largest absolute Gasteiger partial charge is 0.496 e. The third-order valence-corrected chi connectivity index (χ3v) is 2.98. The molecule has 0 heterocycles. The van der Waals surface area contributed by atoms with E-state index >= 15 is 0 Å². The molecule has 3 unspecified atom stereocenters. The van der Waals surface area contributed by atoms with Gasteiger partial charge in [0.15, 0.2) is 0 Å². The van der Waals surface area contributed by atoms with Gasteiger partial charge in [0.1, 0.15) is 5.75 Å². The molecular formula is C15H25NO2. The average Bonchev–Trinajstić information content (AvgIpc) is 2.28. The molecule has 1 aromatic carbocycles. The van der Waals surface area contributed by atoms with Gasteiger partial charge in [-0.2, -0.15) is 0 Å². The van der Waals surface area contributed by atoms with Gasteiger partial charge in [-0.25, -0.2) is 0 Å². The van der Waals surface area contributed by atoms with Crippen molar-refractivity contribution in [2.24, 2.45) is 0 Å². The number of aliphatic hydroxyl groups excluding tert-OH is 1. The van der Waals surface area contributed by atoms with Crippen LogP contribution in [-0.4, -0.2) is 30.4 Å². The molecule has 0 fully saturated rings. The first-order valence-corrected chi connectivity index (χ1v) is 6.59. The fourth-order valence-corrected chi connectivity index (χ4v) is 2.33. The van der Waals surface area contributed by atoms with Crippen LogP contribution in [0.25, 0.3) is 0 Å². The zero-order valence-corrected chi connectivity index (χ0v) is 11.8. The van der Waals surface area contributed by atoms with E-state index in [2.05, 4.69) is 25.2 Å². The van der Waals surface area contributed by atoms with Crippen molar-refractivity contribution in [1.82, 2.24) is 5.32 Å². The predicted octanol–water partition coefficient (Wildman–Crippen LogP) is 2.38. The molecule has 1 rings (SSSR count). The number of para-hydroxylation sites is 1. The van der Waals surface area contributed by atoms with Crippen molar-refractivity contribution in [2.45, 2.75) is 51.8 Å². The molecule has 3 atom stereocenters. The number of hydrogen-bond donors (Lipinski definition) is 2. The van der Waals surface area contributed by atoms with E-state index in [1.54, 1.807) is 7.11 Å². The fourth-order valence-electron chi connectivity index (χ4n) is 2.33. The Morgan fingerprint density at radius 1 is 1.17 bits per heavy atom. The molecule has 2 N–H and O–H groups in total. The summed E-state index contributed by atoms with van der Waals surface area (Å²) in [5, 5.41) is 12.8. The first kappa shape index (κ1) is 15.0. The normalized spacial score (nSPS) is 16.1. The summed E-state index contributed by atoms with van der Waals surface area (Å²) < 4.78 is 5.35. The molecule has 0 aliphatic carbocycles. The highest BCUT2D eigenvalue weighted by atomic mass is 16.5. The van der Waals surface area contributed by atoms with E-state index in [-0.39, 0.29) is 6.10 Å². The maximum Gasteiger partial charge on any atom is 0.122 e. The number of benzene rings is 1. The minimum absolute atomic E-state index is 0.258. The van der Waals surface area contributed by atoms with Crippen LogP contribution in [0.1, 0.15) is 32.8 Å². The lowest BCUT2D eigenvalue weighted by molar-refractivity contribution is 0.168. The van der Waals surface area contributed by atoms with Gasteiger partial charge in [-0.05, 0) is 45.2 Å². The summed E-state index contributed by atoms with van der Waals surface area (Å²) in [5.41, 5.74) is 1.21. The molecule has 0 amide bonds. The Morgan fingerprint density at radius 3 is 2.44 bits per heavy atom. The topological polar surface area (TPSA) is 41.5 Å². The minimum Gasteiger partial charge on any atom is -0.496 e. The molecule has 0 aromatic heterocycles. The summed E-state index contributed by atoms with van der Waals surface area (Å²) in [6, 6.07) is 8.77. The van der Waals surface area contributed by atoms with Crippen molar-refractivity contribution in [2.75, 3.05) is 7.11 Å². The standard InChI is InChI=1S/C15H25NO2/c1-11(9-13(3)17)16-12(2)10-14-7-5-6-8-15(14)18-4/h5-8,11-13,16-17H,9-10H2,1-4H3. The van der Waals surface area contributed by atoms with E-state index < -0.39 is 0 Å². The Balaban J connectivity index is 2.51. The molecule has 0 bridgehead atoms. The first-order chi connectivity index (χ1) is 8.52. The Kier molecular flexibility index (Phi) is 6.16. The van der Waals surface area contributed by atoms with Gasteiger partial charge in [0.2, 0.25) is 0 Å². The second-order valence-corrected chi connectivity index (χ2v) is 5.07. The molecule has 1 aromatic rings. The highest BCUT2D eigenvalue weighted by molar-refractivity contribution is 5.33. The monoisotopic (exact) mass is 251 g/mol. The van der Waals surface area contributed by atoms with Crippen LogP contribution < -0.4 is 10.1 Å².